The fourth-order valence-corrected chi connectivity index (χ4v) is 0.866. The first kappa shape index (κ1) is 7.74. The summed E-state index contributed by atoms with van der Waals surface area (Å²) in [7, 11) is 0. The van der Waals surface area contributed by atoms with Gasteiger partial charge in [0.05, 0.1) is 6.26 Å². The topological polar surface area (TPSA) is 50.4 Å². The van der Waals surface area contributed by atoms with Crippen molar-refractivity contribution in [2.75, 3.05) is 0 Å². The molecule has 0 bridgehead atoms. The Morgan fingerprint density at radius 3 is 2.90 bits per heavy atom. The summed E-state index contributed by atoms with van der Waals surface area (Å²) < 4.78 is 4.44. The van der Waals surface area contributed by atoms with Crippen LogP contribution < -0.4 is 0 Å². The van der Waals surface area contributed by atoms with E-state index >= 15 is 0 Å². The van der Waals surface area contributed by atoms with Gasteiger partial charge in [-0.2, -0.15) is 0 Å². The molecule has 1 aromatic rings. The highest BCUT2D eigenvalue weighted by Gasteiger charge is 2.15. The van der Waals surface area contributed by atoms with Crippen LogP contribution >= 0.6 is 22.6 Å². The van der Waals surface area contributed by atoms with E-state index in [1.54, 1.807) is 12.1 Å². The van der Waals surface area contributed by atoms with Gasteiger partial charge in [0.2, 0.25) is 3.79 Å². The van der Waals surface area contributed by atoms with Gasteiger partial charge >= 0.3 is 0 Å². The van der Waals surface area contributed by atoms with Crippen molar-refractivity contribution in [3.05, 3.63) is 24.2 Å². The van der Waals surface area contributed by atoms with Gasteiger partial charge in [-0.15, -0.1) is 0 Å². The molecule has 1 N–H and O–H groups in total. The molecule has 10 heavy (non-hydrogen) atoms. The zero-order valence-corrected chi connectivity index (χ0v) is 7.11. The number of carbonyl (C=O) groups is 1. The molecule has 1 atom stereocenters. The number of hydrogen-bond donors (Lipinski definition) is 1. The normalized spacial score (nSPS) is 13.0. The molecule has 0 fully saturated rings. The second-order valence-electron chi connectivity index (χ2n) is 1.72. The van der Waals surface area contributed by atoms with Crippen molar-refractivity contribution in [1.29, 1.82) is 0 Å². The molecule has 1 aromatic heterocycles. The molecule has 54 valence electrons. The van der Waals surface area contributed by atoms with E-state index in [-0.39, 0.29) is 3.79 Å². The van der Waals surface area contributed by atoms with E-state index in [1.807, 2.05) is 0 Å². The Kier molecular flexibility index (Phi) is 2.44. The number of aliphatic hydroxyl groups is 1. The second-order valence-corrected chi connectivity index (χ2v) is 2.79. The van der Waals surface area contributed by atoms with Crippen LogP contribution in [0.4, 0.5) is 0 Å². The van der Waals surface area contributed by atoms with Gasteiger partial charge in [0.15, 0.2) is 6.10 Å². The van der Waals surface area contributed by atoms with Crippen LogP contribution in [-0.4, -0.2) is 8.90 Å². The molecular formula is C6H5IO3. The van der Waals surface area contributed by atoms with Gasteiger partial charge < -0.3 is 9.52 Å². The minimum atomic E-state index is -1.12. The van der Waals surface area contributed by atoms with Gasteiger partial charge in [-0.1, -0.05) is 0 Å². The number of carbonyl (C=O) groups excluding carboxylic acids is 1. The zero-order valence-electron chi connectivity index (χ0n) is 4.95. The Bertz CT molecular complexity index is 217. The number of rotatable bonds is 2. The van der Waals surface area contributed by atoms with Gasteiger partial charge in [0, 0.05) is 22.6 Å². The zero-order chi connectivity index (χ0) is 7.56. The third-order valence-electron chi connectivity index (χ3n) is 1.03. The minimum Gasteiger partial charge on any atom is -0.466 e. The third-order valence-corrected chi connectivity index (χ3v) is 1.62. The summed E-state index contributed by atoms with van der Waals surface area (Å²) >= 11 is 1.52. The van der Waals surface area contributed by atoms with E-state index in [2.05, 4.69) is 0 Å². The molecule has 0 aliphatic carbocycles. The van der Waals surface area contributed by atoms with Crippen molar-refractivity contribution in [3.8, 4) is 0 Å². The molecule has 1 heterocycles. The molecular weight excluding hydrogens is 247 g/mol. The van der Waals surface area contributed by atoms with E-state index in [9.17, 15) is 4.79 Å². The van der Waals surface area contributed by atoms with Crippen molar-refractivity contribution in [1.82, 2.24) is 0 Å². The van der Waals surface area contributed by atoms with E-state index in [1.165, 1.54) is 28.9 Å². The largest absolute Gasteiger partial charge is 0.466 e. The number of furan rings is 1. The first-order chi connectivity index (χ1) is 4.72. The third kappa shape index (κ3) is 1.57. The van der Waals surface area contributed by atoms with Crippen LogP contribution in [0.15, 0.2) is 22.8 Å². The SMILES string of the molecule is O=C(I)C(O)c1ccco1. The van der Waals surface area contributed by atoms with Crippen molar-refractivity contribution in [3.63, 3.8) is 0 Å². The molecule has 0 saturated heterocycles. The van der Waals surface area contributed by atoms with Crippen LogP contribution in [-0.2, 0) is 4.79 Å². The quantitative estimate of drug-likeness (QED) is 0.637. The summed E-state index contributed by atoms with van der Waals surface area (Å²) in [6.07, 6.45) is 0.300. The average molecular weight is 252 g/mol. The van der Waals surface area contributed by atoms with E-state index in [0.717, 1.165) is 0 Å². The lowest BCUT2D eigenvalue weighted by molar-refractivity contribution is -0.117. The lowest BCUT2D eigenvalue weighted by Crippen LogP contribution is -2.02. The van der Waals surface area contributed by atoms with Crippen molar-refractivity contribution in [2.45, 2.75) is 6.10 Å². The maximum atomic E-state index is 10.5. The van der Waals surface area contributed by atoms with Gasteiger partial charge in [-0.25, -0.2) is 0 Å². The first-order valence-corrected chi connectivity index (χ1v) is 3.70. The molecule has 0 spiro atoms. The Morgan fingerprint density at radius 2 is 2.50 bits per heavy atom. The van der Waals surface area contributed by atoms with Crippen LogP contribution in [0.5, 0.6) is 0 Å². The maximum Gasteiger partial charge on any atom is 0.228 e. The van der Waals surface area contributed by atoms with Crippen LogP contribution in [0.1, 0.15) is 11.9 Å². The summed E-state index contributed by atoms with van der Waals surface area (Å²) in [4.78, 5) is 10.5. The lowest BCUT2D eigenvalue weighted by atomic mass is 10.3. The summed E-state index contributed by atoms with van der Waals surface area (Å²) in [5.41, 5.74) is 0. The van der Waals surface area contributed by atoms with Gasteiger partial charge in [0.25, 0.3) is 0 Å². The maximum absolute atomic E-state index is 10.5. The fraction of sp³-hybridized carbons (Fsp3) is 0.167. The fourth-order valence-electron chi connectivity index (χ4n) is 0.559. The summed E-state index contributed by atoms with van der Waals surface area (Å²) in [6.45, 7) is 0. The number of aliphatic hydroxyl groups excluding tert-OH is 1. The molecule has 1 unspecified atom stereocenters. The highest BCUT2D eigenvalue weighted by molar-refractivity contribution is 14.1. The Morgan fingerprint density at radius 1 is 1.80 bits per heavy atom. The van der Waals surface area contributed by atoms with Crippen LogP contribution in [0.2, 0.25) is 0 Å². The van der Waals surface area contributed by atoms with E-state index in [4.69, 9.17) is 9.52 Å². The summed E-state index contributed by atoms with van der Waals surface area (Å²) in [5.74, 6) is 0.291. The van der Waals surface area contributed by atoms with Crippen LogP contribution in [0.25, 0.3) is 0 Å². The molecule has 0 aliphatic heterocycles. The van der Waals surface area contributed by atoms with E-state index in [0.29, 0.717) is 5.76 Å². The predicted octanol–water partition coefficient (Wildman–Crippen LogP) is 1.27. The van der Waals surface area contributed by atoms with Gasteiger partial charge in [-0.3, -0.25) is 4.79 Å². The van der Waals surface area contributed by atoms with Crippen LogP contribution in [0.3, 0.4) is 0 Å². The predicted molar refractivity (Wildman–Crippen MR) is 42.7 cm³/mol. The van der Waals surface area contributed by atoms with E-state index < -0.39 is 6.10 Å². The standard InChI is InChI=1S/C6H5IO3/c7-6(9)5(8)4-2-1-3-10-4/h1-3,5,8H. The second kappa shape index (κ2) is 3.16. The highest BCUT2D eigenvalue weighted by Crippen LogP contribution is 2.16. The summed E-state index contributed by atoms with van der Waals surface area (Å²) in [6, 6.07) is 3.18. The van der Waals surface area contributed by atoms with Gasteiger partial charge in [0.1, 0.15) is 5.76 Å². The number of halogens is 1. The Labute approximate surface area is 71.2 Å². The van der Waals surface area contributed by atoms with Crippen LogP contribution in [0, 0.1) is 0 Å². The molecule has 0 saturated carbocycles. The smallest absolute Gasteiger partial charge is 0.228 e. The number of hydrogen-bond acceptors (Lipinski definition) is 3. The minimum absolute atomic E-state index is 0.291. The molecule has 0 aromatic carbocycles. The van der Waals surface area contributed by atoms with Crippen molar-refractivity contribution in [2.24, 2.45) is 0 Å². The molecule has 1 rings (SSSR count). The monoisotopic (exact) mass is 252 g/mol. The highest BCUT2D eigenvalue weighted by atomic mass is 127. The molecule has 4 heteroatoms. The Hall–Kier alpha value is -0.360. The molecule has 0 aliphatic rings. The van der Waals surface area contributed by atoms with Crippen molar-refractivity contribution < 1.29 is 14.3 Å². The summed E-state index contributed by atoms with van der Waals surface area (Å²) in [5, 5.41) is 9.04. The molecule has 3 nitrogen and oxygen atoms in total. The first-order valence-electron chi connectivity index (χ1n) is 2.62. The average Bonchev–Trinajstić information content (AvgIpc) is 2.36. The Balaban J connectivity index is 2.77. The van der Waals surface area contributed by atoms with Crippen molar-refractivity contribution >= 4 is 26.4 Å². The lowest BCUT2D eigenvalue weighted by Gasteiger charge is -1.98. The van der Waals surface area contributed by atoms with Gasteiger partial charge in [-0.05, 0) is 12.1 Å². The molecule has 0 radical (unpaired) electrons. The molecule has 0 amide bonds.